The number of aryl methyl sites for hydroxylation is 1. The normalized spacial score (nSPS) is 12.9. The van der Waals surface area contributed by atoms with E-state index in [2.05, 4.69) is 27.6 Å². The summed E-state index contributed by atoms with van der Waals surface area (Å²) in [5, 5.41) is 6.77. The Morgan fingerprint density at radius 1 is 1.44 bits per heavy atom. The van der Waals surface area contributed by atoms with Crippen LogP contribution in [0.3, 0.4) is 0 Å². The van der Waals surface area contributed by atoms with Gasteiger partial charge in [0.1, 0.15) is 0 Å². The number of hydrogen-bond acceptors (Lipinski definition) is 5. The van der Waals surface area contributed by atoms with Gasteiger partial charge in [0.15, 0.2) is 0 Å². The maximum absolute atomic E-state index is 4.51. The molecule has 86 valence electrons. The van der Waals surface area contributed by atoms with Crippen LogP contribution in [0.2, 0.25) is 0 Å². The van der Waals surface area contributed by atoms with Crippen LogP contribution in [0.5, 0.6) is 0 Å². The van der Waals surface area contributed by atoms with E-state index in [0.29, 0.717) is 6.04 Å². The molecule has 0 aromatic carbocycles. The van der Waals surface area contributed by atoms with Gasteiger partial charge in [-0.25, -0.2) is 4.98 Å². The molecule has 0 saturated carbocycles. The molecule has 0 amide bonds. The minimum atomic E-state index is 0.350. The Balaban J connectivity index is 2.09. The van der Waals surface area contributed by atoms with E-state index in [-0.39, 0.29) is 0 Å². The molecule has 0 aliphatic rings. The number of aromatic nitrogens is 2. The first-order chi connectivity index (χ1) is 7.79. The second-order valence-corrected chi connectivity index (χ2v) is 5.46. The zero-order valence-corrected chi connectivity index (χ0v) is 11.1. The molecule has 16 heavy (non-hydrogen) atoms. The van der Waals surface area contributed by atoms with Crippen molar-refractivity contribution in [1.82, 2.24) is 15.3 Å². The molecule has 2 rings (SSSR count). The largest absolute Gasteiger partial charge is 0.309 e. The first-order valence-corrected chi connectivity index (χ1v) is 7.08. The molecule has 0 fully saturated rings. The zero-order valence-electron chi connectivity index (χ0n) is 9.43. The summed E-state index contributed by atoms with van der Waals surface area (Å²) < 4.78 is 0. The van der Waals surface area contributed by atoms with Gasteiger partial charge in [0.2, 0.25) is 0 Å². The van der Waals surface area contributed by atoms with E-state index in [4.69, 9.17) is 0 Å². The molecule has 0 aliphatic heterocycles. The third-order valence-electron chi connectivity index (χ3n) is 2.29. The lowest BCUT2D eigenvalue weighted by molar-refractivity contribution is 0.556. The Morgan fingerprint density at radius 3 is 2.88 bits per heavy atom. The van der Waals surface area contributed by atoms with Gasteiger partial charge in [-0.3, -0.25) is 4.98 Å². The summed E-state index contributed by atoms with van der Waals surface area (Å²) in [6.07, 6.45) is 2.90. The Bertz CT molecular complexity index is 422. The molecule has 1 atom stereocenters. The summed E-state index contributed by atoms with van der Waals surface area (Å²) in [6, 6.07) is 0.350. The SMILES string of the molecule is CCNC(Cc1nc(C)cs1)c1cncs1. The van der Waals surface area contributed by atoms with E-state index in [9.17, 15) is 0 Å². The summed E-state index contributed by atoms with van der Waals surface area (Å²) in [4.78, 5) is 9.93. The van der Waals surface area contributed by atoms with Crippen LogP contribution in [0, 0.1) is 6.92 Å². The maximum Gasteiger partial charge on any atom is 0.0947 e. The third-order valence-corrected chi connectivity index (χ3v) is 4.17. The quantitative estimate of drug-likeness (QED) is 0.890. The predicted molar refractivity (Wildman–Crippen MR) is 69.1 cm³/mol. The number of rotatable bonds is 5. The molecule has 2 aromatic rings. The Morgan fingerprint density at radius 2 is 2.31 bits per heavy atom. The maximum atomic E-state index is 4.51. The molecule has 0 saturated heterocycles. The first-order valence-electron chi connectivity index (χ1n) is 5.32. The summed E-state index contributed by atoms with van der Waals surface area (Å²) in [6.45, 7) is 5.13. The number of thiazole rings is 2. The minimum Gasteiger partial charge on any atom is -0.309 e. The fourth-order valence-corrected chi connectivity index (χ4v) is 3.10. The highest BCUT2D eigenvalue weighted by atomic mass is 32.1. The molecule has 0 radical (unpaired) electrons. The Hall–Kier alpha value is -0.780. The standard InChI is InChI=1S/C11H15N3S2/c1-3-13-9(10-5-12-7-16-10)4-11-14-8(2)6-15-11/h5-7,9,13H,3-4H2,1-2H3. The molecule has 3 nitrogen and oxygen atoms in total. The number of hydrogen-bond donors (Lipinski definition) is 1. The smallest absolute Gasteiger partial charge is 0.0947 e. The highest BCUT2D eigenvalue weighted by molar-refractivity contribution is 7.10. The highest BCUT2D eigenvalue weighted by Crippen LogP contribution is 2.23. The van der Waals surface area contributed by atoms with Crippen molar-refractivity contribution < 1.29 is 0 Å². The molecule has 5 heteroatoms. The predicted octanol–water partition coefficient (Wildman–Crippen LogP) is 2.80. The summed E-state index contributed by atoms with van der Waals surface area (Å²) in [5.41, 5.74) is 2.99. The number of likely N-dealkylation sites (N-methyl/N-ethyl adjacent to an activating group) is 1. The molecule has 1 N–H and O–H groups in total. The Kier molecular flexibility index (Phi) is 4.04. The zero-order chi connectivity index (χ0) is 11.4. The van der Waals surface area contributed by atoms with Gasteiger partial charge in [-0.05, 0) is 13.5 Å². The lowest BCUT2D eigenvalue weighted by atomic mass is 10.2. The van der Waals surface area contributed by atoms with Gasteiger partial charge in [-0.2, -0.15) is 0 Å². The molecule has 1 unspecified atom stereocenters. The van der Waals surface area contributed by atoms with Crippen molar-refractivity contribution in [2.45, 2.75) is 26.3 Å². The van der Waals surface area contributed by atoms with Crippen LogP contribution in [-0.2, 0) is 6.42 Å². The second-order valence-electron chi connectivity index (χ2n) is 3.60. The molecular formula is C11H15N3S2. The first kappa shape index (κ1) is 11.7. The van der Waals surface area contributed by atoms with E-state index in [1.807, 2.05) is 18.6 Å². The van der Waals surface area contributed by atoms with E-state index < -0.39 is 0 Å². The van der Waals surface area contributed by atoms with Crippen molar-refractivity contribution in [3.05, 3.63) is 32.7 Å². The van der Waals surface area contributed by atoms with Crippen molar-refractivity contribution in [3.8, 4) is 0 Å². The van der Waals surface area contributed by atoms with E-state index in [0.717, 1.165) is 18.7 Å². The molecule has 2 heterocycles. The van der Waals surface area contributed by atoms with Crippen molar-refractivity contribution >= 4 is 22.7 Å². The van der Waals surface area contributed by atoms with Crippen molar-refractivity contribution in [2.75, 3.05) is 6.54 Å². The third kappa shape index (κ3) is 2.87. The lowest BCUT2D eigenvalue weighted by Gasteiger charge is -2.14. The molecule has 0 aliphatic carbocycles. The number of nitrogens with zero attached hydrogens (tertiary/aromatic N) is 2. The Labute approximate surface area is 104 Å². The van der Waals surface area contributed by atoms with Crippen LogP contribution in [0.4, 0.5) is 0 Å². The fourth-order valence-electron chi connectivity index (χ4n) is 1.59. The van der Waals surface area contributed by atoms with Crippen LogP contribution < -0.4 is 5.32 Å². The van der Waals surface area contributed by atoms with Crippen molar-refractivity contribution in [1.29, 1.82) is 0 Å². The van der Waals surface area contributed by atoms with Gasteiger partial charge < -0.3 is 5.32 Å². The highest BCUT2D eigenvalue weighted by Gasteiger charge is 2.14. The fraction of sp³-hybridized carbons (Fsp3) is 0.455. The van der Waals surface area contributed by atoms with E-state index in [1.54, 1.807) is 22.7 Å². The van der Waals surface area contributed by atoms with Crippen LogP contribution >= 0.6 is 22.7 Å². The van der Waals surface area contributed by atoms with Gasteiger partial charge in [0, 0.05) is 34.6 Å². The minimum absolute atomic E-state index is 0.350. The molecule has 0 bridgehead atoms. The van der Waals surface area contributed by atoms with Gasteiger partial charge >= 0.3 is 0 Å². The van der Waals surface area contributed by atoms with Crippen LogP contribution in [0.25, 0.3) is 0 Å². The molecule has 0 spiro atoms. The van der Waals surface area contributed by atoms with E-state index in [1.165, 1.54) is 9.88 Å². The number of nitrogens with one attached hydrogen (secondary N) is 1. The molecular weight excluding hydrogens is 238 g/mol. The summed E-state index contributed by atoms with van der Waals surface area (Å²) in [7, 11) is 0. The summed E-state index contributed by atoms with van der Waals surface area (Å²) >= 11 is 3.43. The average Bonchev–Trinajstić information content (AvgIpc) is 2.88. The van der Waals surface area contributed by atoms with Crippen LogP contribution in [0.15, 0.2) is 17.1 Å². The van der Waals surface area contributed by atoms with Gasteiger partial charge in [0.05, 0.1) is 10.5 Å². The monoisotopic (exact) mass is 253 g/mol. The van der Waals surface area contributed by atoms with Crippen LogP contribution in [0.1, 0.15) is 28.5 Å². The molecule has 2 aromatic heterocycles. The van der Waals surface area contributed by atoms with Gasteiger partial charge in [-0.15, -0.1) is 22.7 Å². The average molecular weight is 253 g/mol. The van der Waals surface area contributed by atoms with Crippen LogP contribution in [-0.4, -0.2) is 16.5 Å². The lowest BCUT2D eigenvalue weighted by Crippen LogP contribution is -2.22. The van der Waals surface area contributed by atoms with E-state index >= 15 is 0 Å². The summed E-state index contributed by atoms with van der Waals surface area (Å²) in [5.74, 6) is 0. The van der Waals surface area contributed by atoms with Crippen molar-refractivity contribution in [3.63, 3.8) is 0 Å². The topological polar surface area (TPSA) is 37.8 Å². The van der Waals surface area contributed by atoms with Crippen molar-refractivity contribution in [2.24, 2.45) is 0 Å². The van der Waals surface area contributed by atoms with Gasteiger partial charge in [-0.1, -0.05) is 6.92 Å². The second kappa shape index (κ2) is 5.52. The van der Waals surface area contributed by atoms with Gasteiger partial charge in [0.25, 0.3) is 0 Å².